The Hall–Kier alpha value is -2.86. The number of aliphatic imine (C=N–C) groups is 1. The van der Waals surface area contributed by atoms with E-state index in [1.807, 2.05) is 26.0 Å². The van der Waals surface area contributed by atoms with Crippen molar-refractivity contribution >= 4 is 22.5 Å². The van der Waals surface area contributed by atoms with Gasteiger partial charge in [-0.25, -0.2) is 0 Å². The van der Waals surface area contributed by atoms with Crippen molar-refractivity contribution in [1.82, 2.24) is 14.5 Å². The number of aromatic amines is 1. The van der Waals surface area contributed by atoms with Gasteiger partial charge in [0.05, 0.1) is 24.5 Å². The van der Waals surface area contributed by atoms with E-state index in [-0.39, 0.29) is 17.9 Å². The summed E-state index contributed by atoms with van der Waals surface area (Å²) < 4.78 is 7.40. The number of carbonyl (C=O) groups excluding carboxylic acids is 1. The second-order valence-corrected chi connectivity index (χ2v) is 8.88. The lowest BCUT2D eigenvalue weighted by Gasteiger charge is -2.26. The molecule has 0 radical (unpaired) electrons. The first-order valence-electron chi connectivity index (χ1n) is 11.5. The fourth-order valence-corrected chi connectivity index (χ4v) is 4.96. The molecule has 0 bridgehead atoms. The van der Waals surface area contributed by atoms with Gasteiger partial charge < -0.3 is 19.2 Å². The van der Waals surface area contributed by atoms with Gasteiger partial charge in [-0.3, -0.25) is 9.79 Å². The Bertz CT molecular complexity index is 1140. The SMILES string of the molecule is COCCCn1c(C)cc(C(=O)CN2C(C)=N[C@@H](Cc3c[nH]c4ccccc34)[C@@H]2C)c1C. The zero-order valence-electron chi connectivity index (χ0n) is 19.8. The molecule has 170 valence electrons. The topological polar surface area (TPSA) is 62.6 Å². The predicted molar refractivity (Wildman–Crippen MR) is 130 cm³/mol. The van der Waals surface area contributed by atoms with Gasteiger partial charge in [0, 0.05) is 54.3 Å². The predicted octanol–water partition coefficient (Wildman–Crippen LogP) is 4.54. The van der Waals surface area contributed by atoms with Crippen LogP contribution in [-0.2, 0) is 17.7 Å². The normalized spacial score (nSPS) is 18.5. The number of rotatable bonds is 9. The Kier molecular flexibility index (Phi) is 6.51. The number of aromatic nitrogens is 2. The van der Waals surface area contributed by atoms with Gasteiger partial charge in [0.15, 0.2) is 5.78 Å². The van der Waals surface area contributed by atoms with Crippen LogP contribution < -0.4 is 0 Å². The summed E-state index contributed by atoms with van der Waals surface area (Å²) in [6.45, 7) is 10.3. The third kappa shape index (κ3) is 4.24. The number of fused-ring (bicyclic) bond motifs is 1. The van der Waals surface area contributed by atoms with Crippen molar-refractivity contribution in [2.45, 2.75) is 59.2 Å². The lowest BCUT2D eigenvalue weighted by atomic mass is 10.00. The molecule has 6 nitrogen and oxygen atoms in total. The quantitative estimate of drug-likeness (QED) is 0.397. The molecule has 32 heavy (non-hydrogen) atoms. The molecular formula is C26H34N4O2. The molecule has 0 amide bonds. The maximum Gasteiger partial charge on any atom is 0.183 e. The fraction of sp³-hybridized carbons (Fsp3) is 0.462. The molecule has 1 aliphatic rings. The number of benzene rings is 1. The number of para-hydroxylation sites is 1. The molecule has 0 aliphatic carbocycles. The van der Waals surface area contributed by atoms with Crippen LogP contribution >= 0.6 is 0 Å². The number of carbonyl (C=O) groups is 1. The first kappa shape index (κ1) is 22.3. The van der Waals surface area contributed by atoms with E-state index < -0.39 is 0 Å². The van der Waals surface area contributed by atoms with Crippen LogP contribution in [0.15, 0.2) is 41.5 Å². The van der Waals surface area contributed by atoms with E-state index in [4.69, 9.17) is 9.73 Å². The molecule has 0 saturated heterocycles. The molecule has 2 aromatic heterocycles. The molecular weight excluding hydrogens is 400 g/mol. The molecule has 0 fully saturated rings. The molecule has 0 unspecified atom stereocenters. The van der Waals surface area contributed by atoms with Gasteiger partial charge in [-0.15, -0.1) is 0 Å². The summed E-state index contributed by atoms with van der Waals surface area (Å²) in [4.78, 5) is 23.7. The summed E-state index contributed by atoms with van der Waals surface area (Å²) in [6, 6.07) is 10.7. The van der Waals surface area contributed by atoms with Crippen LogP contribution in [0.1, 0.15) is 47.6 Å². The van der Waals surface area contributed by atoms with E-state index in [0.717, 1.165) is 54.3 Å². The monoisotopic (exact) mass is 434 g/mol. The van der Waals surface area contributed by atoms with Gasteiger partial charge in [-0.05, 0) is 58.2 Å². The van der Waals surface area contributed by atoms with Gasteiger partial charge in [0.25, 0.3) is 0 Å². The Balaban J connectivity index is 1.45. The Labute approximate surface area is 190 Å². The van der Waals surface area contributed by atoms with Gasteiger partial charge in [0.1, 0.15) is 0 Å². The van der Waals surface area contributed by atoms with Crippen molar-refractivity contribution in [3.05, 3.63) is 59.0 Å². The highest BCUT2D eigenvalue weighted by molar-refractivity contribution is 6.01. The molecule has 0 saturated carbocycles. The van der Waals surface area contributed by atoms with Crippen molar-refractivity contribution in [3.63, 3.8) is 0 Å². The van der Waals surface area contributed by atoms with Crippen LogP contribution in [0.4, 0.5) is 0 Å². The summed E-state index contributed by atoms with van der Waals surface area (Å²) in [6.07, 6.45) is 3.89. The molecule has 1 aliphatic heterocycles. The number of nitrogens with zero attached hydrogens (tertiary/aromatic N) is 3. The zero-order valence-corrected chi connectivity index (χ0v) is 19.8. The molecule has 3 aromatic rings. The minimum Gasteiger partial charge on any atom is -0.385 e. The first-order chi connectivity index (χ1) is 15.4. The van der Waals surface area contributed by atoms with E-state index in [2.05, 4.69) is 52.7 Å². The number of nitrogens with one attached hydrogen (secondary N) is 1. The lowest BCUT2D eigenvalue weighted by Crippen LogP contribution is -2.40. The molecule has 1 aromatic carbocycles. The molecule has 1 N–H and O–H groups in total. The average molecular weight is 435 g/mol. The number of hydrogen-bond acceptors (Lipinski definition) is 4. The Morgan fingerprint density at radius 1 is 1.22 bits per heavy atom. The maximum absolute atomic E-state index is 13.3. The second-order valence-electron chi connectivity index (χ2n) is 8.88. The fourth-order valence-electron chi connectivity index (χ4n) is 4.96. The maximum atomic E-state index is 13.3. The van der Waals surface area contributed by atoms with Crippen molar-refractivity contribution < 1.29 is 9.53 Å². The highest BCUT2D eigenvalue weighted by Gasteiger charge is 2.33. The number of amidine groups is 1. The van der Waals surface area contributed by atoms with Gasteiger partial charge in [-0.1, -0.05) is 18.2 Å². The van der Waals surface area contributed by atoms with Crippen LogP contribution in [0, 0.1) is 13.8 Å². The van der Waals surface area contributed by atoms with Crippen LogP contribution in [0.5, 0.6) is 0 Å². The van der Waals surface area contributed by atoms with Gasteiger partial charge in [-0.2, -0.15) is 0 Å². The molecule has 6 heteroatoms. The number of H-pyrrole nitrogens is 1. The van der Waals surface area contributed by atoms with Crippen LogP contribution in [-0.4, -0.2) is 58.4 Å². The number of Topliss-reactive ketones (excluding diaryl/α,β-unsaturated/α-hetero) is 1. The van der Waals surface area contributed by atoms with Crippen LogP contribution in [0.25, 0.3) is 10.9 Å². The van der Waals surface area contributed by atoms with Gasteiger partial charge >= 0.3 is 0 Å². The third-order valence-corrected chi connectivity index (χ3v) is 6.84. The van der Waals surface area contributed by atoms with E-state index >= 15 is 0 Å². The van der Waals surface area contributed by atoms with E-state index in [1.165, 1.54) is 10.9 Å². The zero-order chi connectivity index (χ0) is 22.8. The Morgan fingerprint density at radius 3 is 2.78 bits per heavy atom. The van der Waals surface area contributed by atoms with Crippen LogP contribution in [0.3, 0.4) is 0 Å². The molecule has 2 atom stereocenters. The molecule has 0 spiro atoms. The van der Waals surface area contributed by atoms with Crippen molar-refractivity contribution in [1.29, 1.82) is 0 Å². The van der Waals surface area contributed by atoms with Crippen molar-refractivity contribution in [3.8, 4) is 0 Å². The lowest BCUT2D eigenvalue weighted by molar-refractivity contribution is 0.0950. The number of ketones is 1. The summed E-state index contributed by atoms with van der Waals surface area (Å²) in [5.41, 5.74) is 5.42. The molecule has 3 heterocycles. The van der Waals surface area contributed by atoms with Crippen LogP contribution in [0.2, 0.25) is 0 Å². The number of hydrogen-bond donors (Lipinski definition) is 1. The van der Waals surface area contributed by atoms with E-state index in [9.17, 15) is 4.79 Å². The van der Waals surface area contributed by atoms with Gasteiger partial charge in [0.2, 0.25) is 0 Å². The highest BCUT2D eigenvalue weighted by atomic mass is 16.5. The summed E-state index contributed by atoms with van der Waals surface area (Å²) in [7, 11) is 1.72. The van der Waals surface area contributed by atoms with Crippen molar-refractivity contribution in [2.24, 2.45) is 4.99 Å². The Morgan fingerprint density at radius 2 is 2.00 bits per heavy atom. The van der Waals surface area contributed by atoms with E-state index in [1.54, 1.807) is 7.11 Å². The molecule has 4 rings (SSSR count). The first-order valence-corrected chi connectivity index (χ1v) is 11.5. The average Bonchev–Trinajstić information content (AvgIpc) is 3.40. The van der Waals surface area contributed by atoms with E-state index in [0.29, 0.717) is 6.54 Å². The largest absolute Gasteiger partial charge is 0.385 e. The minimum absolute atomic E-state index is 0.142. The third-order valence-electron chi connectivity index (χ3n) is 6.84. The minimum atomic E-state index is 0.142. The standard InChI is InChI=1S/C26H34N4O2/c1-17-13-23(18(2)29(17)11-8-12-32-5)26(31)16-30-19(3)25(28-20(30)4)14-21-15-27-24-10-7-6-9-22(21)24/h6-7,9-10,13,15,19,25,27H,8,11-12,14,16H2,1-5H3/t19-,25-/m0/s1. The summed E-state index contributed by atoms with van der Waals surface area (Å²) in [5.74, 6) is 1.11. The smallest absolute Gasteiger partial charge is 0.183 e. The second kappa shape index (κ2) is 9.33. The summed E-state index contributed by atoms with van der Waals surface area (Å²) in [5, 5.41) is 1.25. The summed E-state index contributed by atoms with van der Waals surface area (Å²) >= 11 is 0. The highest BCUT2D eigenvalue weighted by Crippen LogP contribution is 2.26. The number of aryl methyl sites for hydroxylation is 1. The number of ether oxygens (including phenoxy) is 1. The van der Waals surface area contributed by atoms with Crippen molar-refractivity contribution in [2.75, 3.05) is 20.3 Å². The number of methoxy groups -OCH3 is 1.